The van der Waals surface area contributed by atoms with Gasteiger partial charge in [-0.3, -0.25) is 4.79 Å². The van der Waals surface area contributed by atoms with Crippen molar-refractivity contribution in [3.63, 3.8) is 0 Å². The van der Waals surface area contributed by atoms with E-state index in [1.165, 1.54) is 7.11 Å². The Bertz CT molecular complexity index is 556. The minimum atomic E-state index is -0.393. The highest BCUT2D eigenvalue weighted by Gasteiger charge is 2.11. The number of halogens is 1. The van der Waals surface area contributed by atoms with Gasteiger partial charge in [-0.05, 0) is 24.3 Å². The highest BCUT2D eigenvalue weighted by atomic mass is 79.9. The monoisotopic (exact) mass is 342 g/mol. The number of methoxy groups -OCH3 is 1. The number of nitrogens with zero attached hydrogens (tertiary/aromatic N) is 2. The number of carbonyl (C=O) groups excluding carboxylic acids is 1. The number of hydrogen-bond acceptors (Lipinski definition) is 6. The first-order valence-corrected chi connectivity index (χ1v) is 7.22. The zero-order valence-electron chi connectivity index (χ0n) is 10.1. The molecule has 0 N–H and O–H groups in total. The fourth-order valence-corrected chi connectivity index (χ4v) is 2.30. The molecule has 0 unspecified atom stereocenters. The van der Waals surface area contributed by atoms with Gasteiger partial charge in [0.25, 0.3) is 0 Å². The van der Waals surface area contributed by atoms with Crippen LogP contribution in [0.4, 0.5) is 0 Å². The summed E-state index contributed by atoms with van der Waals surface area (Å²) in [5, 5.41) is 3.81. The first-order chi connectivity index (χ1) is 9.17. The molecule has 0 aliphatic heterocycles. The maximum atomic E-state index is 11.0. The lowest BCUT2D eigenvalue weighted by molar-refractivity contribution is -0.140. The third-order valence-electron chi connectivity index (χ3n) is 2.21. The minimum absolute atomic E-state index is 0.00640. The quantitative estimate of drug-likeness (QED) is 0.614. The molecular formula is C12H11BrN2O3S. The summed E-state index contributed by atoms with van der Waals surface area (Å²) in [5.74, 6) is 1.03. The highest BCUT2D eigenvalue weighted by Crippen LogP contribution is 2.23. The van der Waals surface area contributed by atoms with E-state index in [1.54, 1.807) is 11.8 Å². The van der Waals surface area contributed by atoms with Gasteiger partial charge in [-0.1, -0.05) is 21.1 Å². The lowest BCUT2D eigenvalue weighted by atomic mass is 10.4. The van der Waals surface area contributed by atoms with Crippen LogP contribution in [0.15, 0.2) is 38.2 Å². The second kappa shape index (κ2) is 6.72. The fourth-order valence-electron chi connectivity index (χ4n) is 1.29. The molecule has 0 radical (unpaired) electrons. The van der Waals surface area contributed by atoms with E-state index in [2.05, 4.69) is 30.8 Å². The average Bonchev–Trinajstić information content (AvgIpc) is 2.85. The Hall–Kier alpha value is -1.34. The zero-order chi connectivity index (χ0) is 13.7. The van der Waals surface area contributed by atoms with Crippen molar-refractivity contribution in [3.05, 3.63) is 40.5 Å². The van der Waals surface area contributed by atoms with Crippen LogP contribution in [0.1, 0.15) is 11.7 Å². The summed E-state index contributed by atoms with van der Waals surface area (Å²) in [5.41, 5.74) is 0. The highest BCUT2D eigenvalue weighted by molar-refractivity contribution is 9.10. The van der Waals surface area contributed by atoms with Crippen molar-refractivity contribution >= 4 is 33.7 Å². The molecule has 1 aromatic heterocycles. The number of carbonyl (C=O) groups is 1. The molecule has 0 saturated heterocycles. The molecule has 0 aliphatic rings. The van der Waals surface area contributed by atoms with E-state index in [1.807, 2.05) is 24.3 Å². The summed E-state index contributed by atoms with van der Waals surface area (Å²) in [6.07, 6.45) is 0.00640. The zero-order valence-corrected chi connectivity index (χ0v) is 12.5. The van der Waals surface area contributed by atoms with Crippen LogP contribution in [0.3, 0.4) is 0 Å². The van der Waals surface area contributed by atoms with E-state index in [4.69, 9.17) is 4.52 Å². The Morgan fingerprint density at radius 1 is 1.42 bits per heavy atom. The van der Waals surface area contributed by atoms with Gasteiger partial charge < -0.3 is 9.26 Å². The lowest BCUT2D eigenvalue weighted by Gasteiger charge is -1.97. The Kier molecular flexibility index (Phi) is 4.98. The van der Waals surface area contributed by atoms with Gasteiger partial charge in [0.1, 0.15) is 6.42 Å². The Morgan fingerprint density at radius 2 is 2.16 bits per heavy atom. The minimum Gasteiger partial charge on any atom is -0.469 e. The molecule has 1 heterocycles. The molecule has 0 atom stereocenters. The average molecular weight is 343 g/mol. The van der Waals surface area contributed by atoms with E-state index in [-0.39, 0.29) is 12.3 Å². The van der Waals surface area contributed by atoms with Crippen molar-refractivity contribution in [2.24, 2.45) is 0 Å². The van der Waals surface area contributed by atoms with Gasteiger partial charge >= 0.3 is 5.97 Å². The maximum Gasteiger partial charge on any atom is 0.315 e. The Labute approximate surface area is 122 Å². The molecule has 0 bridgehead atoms. The van der Waals surface area contributed by atoms with Crippen LogP contribution in [0.2, 0.25) is 0 Å². The van der Waals surface area contributed by atoms with Gasteiger partial charge in [0.2, 0.25) is 5.89 Å². The van der Waals surface area contributed by atoms with Crippen molar-refractivity contribution in [1.29, 1.82) is 0 Å². The van der Waals surface area contributed by atoms with Crippen molar-refractivity contribution in [2.45, 2.75) is 17.1 Å². The van der Waals surface area contributed by atoms with E-state index in [0.717, 1.165) is 9.37 Å². The Morgan fingerprint density at radius 3 is 2.84 bits per heavy atom. The summed E-state index contributed by atoms with van der Waals surface area (Å²) in [4.78, 5) is 16.3. The molecule has 5 nitrogen and oxygen atoms in total. The smallest absolute Gasteiger partial charge is 0.315 e. The second-order valence-electron chi connectivity index (χ2n) is 3.60. The van der Waals surface area contributed by atoms with Crippen LogP contribution in [-0.2, 0) is 21.7 Å². The first-order valence-electron chi connectivity index (χ1n) is 5.44. The van der Waals surface area contributed by atoms with Gasteiger partial charge in [0.05, 0.1) is 12.9 Å². The third kappa shape index (κ3) is 4.36. The molecule has 19 heavy (non-hydrogen) atoms. The molecule has 2 aromatic rings. The van der Waals surface area contributed by atoms with Gasteiger partial charge in [-0.25, -0.2) is 0 Å². The number of hydrogen-bond donors (Lipinski definition) is 0. The molecule has 100 valence electrons. The van der Waals surface area contributed by atoms with Crippen LogP contribution < -0.4 is 0 Å². The molecular weight excluding hydrogens is 332 g/mol. The predicted molar refractivity (Wildman–Crippen MR) is 73.7 cm³/mol. The molecule has 0 fully saturated rings. The van der Waals surface area contributed by atoms with Crippen LogP contribution in [-0.4, -0.2) is 23.2 Å². The van der Waals surface area contributed by atoms with E-state index >= 15 is 0 Å². The largest absolute Gasteiger partial charge is 0.469 e. The predicted octanol–water partition coefficient (Wildman–Crippen LogP) is 2.84. The Balaban J connectivity index is 1.89. The lowest BCUT2D eigenvalue weighted by Crippen LogP contribution is -2.04. The van der Waals surface area contributed by atoms with E-state index < -0.39 is 5.97 Å². The van der Waals surface area contributed by atoms with Crippen molar-refractivity contribution in [1.82, 2.24) is 10.1 Å². The van der Waals surface area contributed by atoms with Crippen molar-refractivity contribution in [3.8, 4) is 0 Å². The maximum absolute atomic E-state index is 11.0. The van der Waals surface area contributed by atoms with Gasteiger partial charge in [-0.15, -0.1) is 11.8 Å². The number of aromatic nitrogens is 2. The summed E-state index contributed by atoms with van der Waals surface area (Å²) in [6.45, 7) is 0. The van der Waals surface area contributed by atoms with Gasteiger partial charge in [0, 0.05) is 9.37 Å². The summed E-state index contributed by atoms with van der Waals surface area (Å²) in [7, 11) is 1.32. The van der Waals surface area contributed by atoms with Crippen molar-refractivity contribution in [2.75, 3.05) is 7.11 Å². The summed E-state index contributed by atoms with van der Waals surface area (Å²) >= 11 is 4.98. The molecule has 2 rings (SSSR count). The SMILES string of the molecule is COC(=O)Cc1nc(CSc2ccc(Br)cc2)no1. The summed E-state index contributed by atoms with van der Waals surface area (Å²) < 4.78 is 10.5. The molecule has 0 aliphatic carbocycles. The molecule has 0 saturated carbocycles. The molecule has 7 heteroatoms. The van der Waals surface area contributed by atoms with Gasteiger partial charge in [-0.2, -0.15) is 4.98 Å². The topological polar surface area (TPSA) is 65.2 Å². The fraction of sp³-hybridized carbons (Fsp3) is 0.250. The number of thioether (sulfide) groups is 1. The number of benzene rings is 1. The number of esters is 1. The van der Waals surface area contributed by atoms with Gasteiger partial charge in [0.15, 0.2) is 5.82 Å². The van der Waals surface area contributed by atoms with Crippen molar-refractivity contribution < 1.29 is 14.1 Å². The number of rotatable bonds is 5. The summed E-state index contributed by atoms with van der Waals surface area (Å²) in [6, 6.07) is 7.96. The van der Waals surface area contributed by atoms with E-state index in [0.29, 0.717) is 11.6 Å². The van der Waals surface area contributed by atoms with Crippen LogP contribution in [0.25, 0.3) is 0 Å². The third-order valence-corrected chi connectivity index (χ3v) is 3.75. The first kappa shape index (κ1) is 14.1. The molecule has 0 spiro atoms. The molecule has 1 aromatic carbocycles. The molecule has 0 amide bonds. The standard InChI is InChI=1S/C12H11BrN2O3S/c1-17-12(16)6-11-14-10(15-18-11)7-19-9-4-2-8(13)3-5-9/h2-5H,6-7H2,1H3. The van der Waals surface area contributed by atoms with Crippen LogP contribution in [0.5, 0.6) is 0 Å². The van der Waals surface area contributed by atoms with E-state index in [9.17, 15) is 4.79 Å². The number of ether oxygens (including phenoxy) is 1. The second-order valence-corrected chi connectivity index (χ2v) is 5.56. The van der Waals surface area contributed by atoms with Crippen LogP contribution >= 0.6 is 27.7 Å². The van der Waals surface area contributed by atoms with Crippen LogP contribution in [0, 0.1) is 0 Å². The normalized spacial score (nSPS) is 10.4.